The van der Waals surface area contributed by atoms with E-state index in [-0.39, 0.29) is 40.5 Å². The molecule has 24 heavy (non-hydrogen) atoms. The molecule has 5 heteroatoms. The van der Waals surface area contributed by atoms with Gasteiger partial charge in [0.05, 0.1) is 14.2 Å². The van der Waals surface area contributed by atoms with Gasteiger partial charge in [0, 0.05) is 23.1 Å². The molecule has 4 nitrogen and oxygen atoms in total. The molecule has 1 saturated carbocycles. The van der Waals surface area contributed by atoms with Crippen LogP contribution in [0.25, 0.3) is 0 Å². The van der Waals surface area contributed by atoms with Crippen LogP contribution in [0.4, 0.5) is 0 Å². The molecule has 0 spiro atoms. The fourth-order valence-corrected chi connectivity index (χ4v) is 4.12. The van der Waals surface area contributed by atoms with E-state index in [1.54, 1.807) is 14.2 Å². The molecule has 0 aromatic heterocycles. The van der Waals surface area contributed by atoms with E-state index in [2.05, 4.69) is 30.9 Å². The maximum absolute atomic E-state index is 12.1. The summed E-state index contributed by atoms with van der Waals surface area (Å²) in [6, 6.07) is 6.21. The molecule has 0 amide bonds. The Labute approximate surface area is 156 Å². The number of carbonyl (C=O) groups excluding carboxylic acids is 1. The minimum Gasteiger partial charge on any atom is -0.493 e. The van der Waals surface area contributed by atoms with Crippen LogP contribution in [-0.2, 0) is 27.6 Å². The SMILES string of the molecule is CC[C@@]1(c2ccc(OC)c(OC)c2)C(N(C)C)[CH-]C(=O)C[C@@H]1C.[Cr]. The average molecular weight is 370 g/mol. The van der Waals surface area contributed by atoms with Gasteiger partial charge in [-0.25, -0.2) is 0 Å². The first-order chi connectivity index (χ1) is 10.9. The Balaban J connectivity index is 0.00000288. The van der Waals surface area contributed by atoms with Gasteiger partial charge in [-0.05, 0) is 56.0 Å². The number of likely N-dealkylation sites (N-methyl/N-ethyl adjacent to an activating group) is 1. The number of benzene rings is 1. The molecule has 0 bridgehead atoms. The number of hydrogen-bond donors (Lipinski definition) is 0. The second kappa shape index (κ2) is 8.29. The van der Waals surface area contributed by atoms with Gasteiger partial charge < -0.3 is 25.6 Å². The van der Waals surface area contributed by atoms with Crippen molar-refractivity contribution in [1.82, 2.24) is 4.90 Å². The van der Waals surface area contributed by atoms with Crippen LogP contribution in [0.1, 0.15) is 32.3 Å². The van der Waals surface area contributed by atoms with Gasteiger partial charge >= 0.3 is 0 Å². The number of Topliss-reactive ketones (excluding diaryl/α,β-unsaturated/α-hetero) is 1. The Bertz CT molecular complexity index is 576. The topological polar surface area (TPSA) is 38.8 Å². The molecule has 134 valence electrons. The van der Waals surface area contributed by atoms with Crippen molar-refractivity contribution in [2.45, 2.75) is 38.1 Å². The van der Waals surface area contributed by atoms with Gasteiger partial charge in [-0.15, -0.1) is 0 Å². The number of carbonyl (C=O) groups is 1. The number of hydrogen-bond acceptors (Lipinski definition) is 4. The zero-order chi connectivity index (χ0) is 17.2. The van der Waals surface area contributed by atoms with Crippen molar-refractivity contribution in [3.63, 3.8) is 0 Å². The van der Waals surface area contributed by atoms with Crippen LogP contribution in [0.3, 0.4) is 0 Å². The summed E-state index contributed by atoms with van der Waals surface area (Å²) < 4.78 is 10.9. The first-order valence-corrected chi connectivity index (χ1v) is 8.17. The summed E-state index contributed by atoms with van der Waals surface area (Å²) in [6.45, 7) is 4.38. The second-order valence-corrected chi connectivity index (χ2v) is 6.61. The summed E-state index contributed by atoms with van der Waals surface area (Å²) in [4.78, 5) is 14.3. The van der Waals surface area contributed by atoms with Crippen LogP contribution in [0, 0.1) is 12.3 Å². The van der Waals surface area contributed by atoms with Crippen molar-refractivity contribution >= 4 is 5.78 Å². The number of ketones is 1. The van der Waals surface area contributed by atoms with Gasteiger partial charge in [0.15, 0.2) is 11.5 Å². The summed E-state index contributed by atoms with van der Waals surface area (Å²) in [5.41, 5.74) is 1.09. The van der Waals surface area contributed by atoms with Gasteiger partial charge in [0.1, 0.15) is 0 Å². The van der Waals surface area contributed by atoms with Crippen LogP contribution in [0.15, 0.2) is 18.2 Å². The second-order valence-electron chi connectivity index (χ2n) is 6.61. The summed E-state index contributed by atoms with van der Waals surface area (Å²) in [6.07, 6.45) is 3.43. The Morgan fingerprint density at radius 2 is 1.88 bits per heavy atom. The summed E-state index contributed by atoms with van der Waals surface area (Å²) in [5, 5.41) is 0. The minimum atomic E-state index is -0.114. The van der Waals surface area contributed by atoms with E-state index >= 15 is 0 Å². The molecular weight excluding hydrogens is 342 g/mol. The molecule has 0 aliphatic heterocycles. The zero-order valence-corrected chi connectivity index (χ0v) is 16.7. The quantitative estimate of drug-likeness (QED) is 0.747. The van der Waals surface area contributed by atoms with Crippen LogP contribution >= 0.6 is 0 Å². The van der Waals surface area contributed by atoms with Gasteiger partial charge in [0.25, 0.3) is 0 Å². The van der Waals surface area contributed by atoms with E-state index in [0.29, 0.717) is 6.42 Å². The molecule has 0 N–H and O–H groups in total. The van der Waals surface area contributed by atoms with E-state index in [9.17, 15) is 4.79 Å². The predicted octanol–water partition coefficient (Wildman–Crippen LogP) is 3.09. The fourth-order valence-electron chi connectivity index (χ4n) is 4.12. The third kappa shape index (κ3) is 3.44. The molecular formula is C19H28CrNO3-. The Hall–Kier alpha value is -1.15. The molecule has 1 fully saturated rings. The van der Waals surface area contributed by atoms with Gasteiger partial charge in [-0.1, -0.05) is 26.0 Å². The number of methoxy groups -OCH3 is 2. The minimum absolute atomic E-state index is 0. The standard InChI is InChI=1S/C19H28NO3.Cr/c1-7-19(13(2)10-15(21)12-18(19)20(3)4)14-8-9-16(22-5)17(11-14)23-6;/h8-9,11-13,18H,7,10H2,1-6H3;/q-1;/t13-,18?,19+;/m0./s1. The van der Waals surface area contributed by atoms with Crippen molar-refractivity contribution in [1.29, 1.82) is 0 Å². The predicted molar refractivity (Wildman–Crippen MR) is 92.1 cm³/mol. The molecule has 0 heterocycles. The first kappa shape index (κ1) is 20.9. The summed E-state index contributed by atoms with van der Waals surface area (Å²) in [7, 11) is 7.38. The number of rotatable bonds is 5. The van der Waals surface area contributed by atoms with Crippen molar-refractivity contribution in [3.8, 4) is 11.5 Å². The maximum Gasteiger partial charge on any atom is 0.161 e. The van der Waals surface area contributed by atoms with Crippen LogP contribution < -0.4 is 9.47 Å². The Morgan fingerprint density at radius 3 is 2.38 bits per heavy atom. The average Bonchev–Trinajstić information content (AvgIpc) is 2.54. The van der Waals surface area contributed by atoms with E-state index in [4.69, 9.17) is 9.47 Å². The zero-order valence-electron chi connectivity index (χ0n) is 15.5. The van der Waals surface area contributed by atoms with Crippen LogP contribution in [0.2, 0.25) is 0 Å². The third-order valence-electron chi connectivity index (χ3n) is 5.32. The normalized spacial score (nSPS) is 26.5. The molecule has 1 unspecified atom stereocenters. The van der Waals surface area contributed by atoms with Gasteiger partial charge in [0.2, 0.25) is 0 Å². The molecule has 1 aliphatic carbocycles. The van der Waals surface area contributed by atoms with Gasteiger partial charge in [-0.3, -0.25) is 0 Å². The van der Waals surface area contributed by atoms with Crippen molar-refractivity contribution in [3.05, 3.63) is 30.2 Å². The number of ether oxygens (including phenoxy) is 2. The molecule has 1 aromatic rings. The molecule has 0 radical (unpaired) electrons. The van der Waals surface area contributed by atoms with Crippen LogP contribution in [-0.4, -0.2) is 45.0 Å². The van der Waals surface area contributed by atoms with Crippen molar-refractivity contribution < 1.29 is 31.6 Å². The van der Waals surface area contributed by atoms with Crippen molar-refractivity contribution in [2.24, 2.45) is 5.92 Å². The van der Waals surface area contributed by atoms with E-state index in [1.165, 1.54) is 5.56 Å². The summed E-state index contributed by atoms with van der Waals surface area (Å²) >= 11 is 0. The molecule has 3 atom stereocenters. The van der Waals surface area contributed by atoms with Crippen LogP contribution in [0.5, 0.6) is 11.5 Å². The molecule has 2 rings (SSSR count). The fraction of sp³-hybridized carbons (Fsp3) is 0.579. The van der Waals surface area contributed by atoms with Crippen molar-refractivity contribution in [2.75, 3.05) is 28.3 Å². The van der Waals surface area contributed by atoms with E-state index in [0.717, 1.165) is 17.9 Å². The summed E-state index contributed by atoms with van der Waals surface area (Å²) in [5.74, 6) is 1.96. The van der Waals surface area contributed by atoms with E-state index in [1.807, 2.05) is 26.6 Å². The molecule has 0 saturated heterocycles. The maximum atomic E-state index is 12.1. The molecule has 1 aliphatic rings. The number of nitrogens with zero attached hydrogens (tertiary/aromatic N) is 1. The first-order valence-electron chi connectivity index (χ1n) is 8.17. The third-order valence-corrected chi connectivity index (χ3v) is 5.32. The van der Waals surface area contributed by atoms with Gasteiger partial charge in [-0.2, -0.15) is 0 Å². The smallest absolute Gasteiger partial charge is 0.161 e. The largest absolute Gasteiger partial charge is 0.493 e. The van der Waals surface area contributed by atoms with E-state index < -0.39 is 0 Å². The Kier molecular flexibility index (Phi) is 7.22. The monoisotopic (exact) mass is 370 g/mol. The molecule has 1 aromatic carbocycles. The Morgan fingerprint density at radius 1 is 1.25 bits per heavy atom.